The molecule has 0 saturated heterocycles. The second-order valence-corrected chi connectivity index (χ2v) is 5.34. The number of fused-ring (bicyclic) bond motifs is 1. The third-order valence-electron chi connectivity index (χ3n) is 3.63. The van der Waals surface area contributed by atoms with E-state index >= 15 is 0 Å². The van der Waals surface area contributed by atoms with Crippen LogP contribution in [0.1, 0.15) is 19.7 Å². The smallest absolute Gasteiger partial charge is 0.258 e. The van der Waals surface area contributed by atoms with Crippen molar-refractivity contribution in [3.8, 4) is 0 Å². The molecule has 1 atom stereocenters. The Morgan fingerprint density at radius 3 is 2.74 bits per heavy atom. The van der Waals surface area contributed by atoms with Gasteiger partial charge in [-0.2, -0.15) is 0 Å². The minimum absolute atomic E-state index is 0. The Morgan fingerprint density at radius 1 is 1.39 bits per heavy atom. The summed E-state index contributed by atoms with van der Waals surface area (Å²) >= 11 is 0. The van der Waals surface area contributed by atoms with Crippen molar-refractivity contribution in [2.24, 2.45) is 5.92 Å². The van der Waals surface area contributed by atoms with Crippen LogP contribution in [0.2, 0.25) is 0 Å². The maximum absolute atomic E-state index is 12.4. The zero-order chi connectivity index (χ0) is 16.1. The van der Waals surface area contributed by atoms with Gasteiger partial charge >= 0.3 is 0 Å². The Hall–Kier alpha value is -1.92. The second kappa shape index (κ2) is 8.64. The van der Waals surface area contributed by atoms with E-state index in [-0.39, 0.29) is 29.8 Å². The molecule has 0 fully saturated rings. The first kappa shape index (κ1) is 19.1. The lowest BCUT2D eigenvalue weighted by molar-refractivity contribution is -0.135. The average molecular weight is 339 g/mol. The number of para-hydroxylation sites is 1. The van der Waals surface area contributed by atoms with E-state index in [1.165, 1.54) is 0 Å². The maximum atomic E-state index is 12.4. The number of hydrogen-bond donors (Lipinski definition) is 2. The lowest BCUT2D eigenvalue weighted by atomic mass is 10.1. The van der Waals surface area contributed by atoms with E-state index in [1.54, 1.807) is 23.1 Å². The van der Waals surface area contributed by atoms with Gasteiger partial charge in [-0.25, -0.2) is 4.98 Å². The lowest BCUT2D eigenvalue weighted by Crippen LogP contribution is -2.38. The fourth-order valence-corrected chi connectivity index (χ4v) is 2.44. The van der Waals surface area contributed by atoms with E-state index in [1.807, 2.05) is 27.0 Å². The van der Waals surface area contributed by atoms with E-state index < -0.39 is 0 Å². The molecule has 0 aliphatic heterocycles. The van der Waals surface area contributed by atoms with Crippen LogP contribution in [0.25, 0.3) is 10.9 Å². The van der Waals surface area contributed by atoms with Gasteiger partial charge < -0.3 is 15.2 Å². The highest BCUT2D eigenvalue weighted by atomic mass is 35.5. The highest BCUT2D eigenvalue weighted by Gasteiger charge is 2.19. The summed E-state index contributed by atoms with van der Waals surface area (Å²) in [6.07, 6.45) is 0. The number of aromatic nitrogens is 2. The summed E-state index contributed by atoms with van der Waals surface area (Å²) in [5, 5.41) is 3.56. The lowest BCUT2D eigenvalue weighted by Gasteiger charge is -2.24. The first-order chi connectivity index (χ1) is 10.6. The summed E-state index contributed by atoms with van der Waals surface area (Å²) in [4.78, 5) is 33.4. The Balaban J connectivity index is 0.00000264. The number of hydrogen-bond acceptors (Lipinski definition) is 4. The van der Waals surface area contributed by atoms with Crippen LogP contribution >= 0.6 is 12.4 Å². The van der Waals surface area contributed by atoms with Crippen LogP contribution in [0, 0.1) is 5.92 Å². The fraction of sp³-hybridized carbons (Fsp3) is 0.438. The predicted octanol–water partition coefficient (Wildman–Crippen LogP) is 1.55. The van der Waals surface area contributed by atoms with E-state index in [9.17, 15) is 9.59 Å². The predicted molar refractivity (Wildman–Crippen MR) is 93.8 cm³/mol. The van der Waals surface area contributed by atoms with Crippen LogP contribution in [0.3, 0.4) is 0 Å². The molecule has 2 rings (SSSR count). The number of benzene rings is 1. The van der Waals surface area contributed by atoms with Gasteiger partial charge in [0.2, 0.25) is 5.91 Å². The molecular formula is C16H23ClN4O2. The molecule has 1 aromatic heterocycles. The Kier molecular flexibility index (Phi) is 7.19. The third kappa shape index (κ3) is 4.53. The molecule has 0 radical (unpaired) electrons. The molecule has 1 heterocycles. The van der Waals surface area contributed by atoms with Crippen molar-refractivity contribution in [2.45, 2.75) is 20.4 Å². The van der Waals surface area contributed by atoms with Crippen molar-refractivity contribution < 1.29 is 4.79 Å². The number of H-pyrrole nitrogens is 1. The number of aromatic amines is 1. The SMILES string of the molecule is CCN(Cc1nc2ccccc2c(=O)[nH]1)C(=O)C(C)CNC.Cl. The molecular weight excluding hydrogens is 316 g/mol. The van der Waals surface area contributed by atoms with Gasteiger partial charge in [-0.3, -0.25) is 9.59 Å². The van der Waals surface area contributed by atoms with E-state index in [0.717, 1.165) is 0 Å². The number of nitrogens with zero attached hydrogens (tertiary/aromatic N) is 2. The summed E-state index contributed by atoms with van der Waals surface area (Å²) in [6.45, 7) is 5.31. The summed E-state index contributed by atoms with van der Waals surface area (Å²) in [7, 11) is 1.82. The molecule has 0 aliphatic rings. The number of halogens is 1. The van der Waals surface area contributed by atoms with Crippen molar-refractivity contribution in [3.63, 3.8) is 0 Å². The Morgan fingerprint density at radius 2 is 2.09 bits per heavy atom. The largest absolute Gasteiger partial charge is 0.335 e. The van der Waals surface area contributed by atoms with Crippen LogP contribution in [-0.2, 0) is 11.3 Å². The highest BCUT2D eigenvalue weighted by molar-refractivity contribution is 5.85. The molecule has 7 heteroatoms. The molecule has 1 amide bonds. The van der Waals surface area contributed by atoms with Gasteiger partial charge in [0.25, 0.3) is 5.56 Å². The molecule has 1 aromatic carbocycles. The van der Waals surface area contributed by atoms with Crippen LogP contribution < -0.4 is 10.9 Å². The van der Waals surface area contributed by atoms with Crippen molar-refractivity contribution in [3.05, 3.63) is 40.4 Å². The highest BCUT2D eigenvalue weighted by Crippen LogP contribution is 2.09. The van der Waals surface area contributed by atoms with E-state index in [0.29, 0.717) is 36.4 Å². The zero-order valence-electron chi connectivity index (χ0n) is 13.6. The topological polar surface area (TPSA) is 78.1 Å². The molecule has 23 heavy (non-hydrogen) atoms. The standard InChI is InChI=1S/C16H22N4O2.ClH/c1-4-20(16(22)11(2)9-17-3)10-14-18-13-8-6-5-7-12(13)15(21)19-14;/h5-8,11,17H,4,9-10H2,1-3H3,(H,18,19,21);1H. The van der Waals surface area contributed by atoms with E-state index in [4.69, 9.17) is 0 Å². The average Bonchev–Trinajstić information content (AvgIpc) is 2.52. The van der Waals surface area contributed by atoms with Gasteiger partial charge in [0.1, 0.15) is 5.82 Å². The van der Waals surface area contributed by atoms with Gasteiger partial charge in [-0.1, -0.05) is 19.1 Å². The van der Waals surface area contributed by atoms with E-state index in [2.05, 4.69) is 15.3 Å². The number of nitrogens with one attached hydrogen (secondary N) is 2. The molecule has 0 spiro atoms. The molecule has 0 saturated carbocycles. The summed E-state index contributed by atoms with van der Waals surface area (Å²) in [5.74, 6) is 0.445. The molecule has 6 nitrogen and oxygen atoms in total. The number of carbonyl (C=O) groups excluding carboxylic acids is 1. The zero-order valence-corrected chi connectivity index (χ0v) is 14.4. The van der Waals surface area contributed by atoms with Crippen molar-refractivity contribution in [1.82, 2.24) is 20.2 Å². The van der Waals surface area contributed by atoms with Gasteiger partial charge in [-0.05, 0) is 26.1 Å². The first-order valence-electron chi connectivity index (χ1n) is 7.48. The monoisotopic (exact) mass is 338 g/mol. The normalized spacial score (nSPS) is 11.8. The first-order valence-corrected chi connectivity index (χ1v) is 7.48. The quantitative estimate of drug-likeness (QED) is 0.837. The minimum atomic E-state index is -0.174. The second-order valence-electron chi connectivity index (χ2n) is 5.34. The minimum Gasteiger partial charge on any atom is -0.335 e. The molecule has 0 bridgehead atoms. The fourth-order valence-electron chi connectivity index (χ4n) is 2.44. The Labute approximate surface area is 141 Å². The molecule has 1 unspecified atom stereocenters. The van der Waals surface area contributed by atoms with Gasteiger partial charge in [0, 0.05) is 19.0 Å². The summed E-state index contributed by atoms with van der Waals surface area (Å²) in [5.41, 5.74) is 0.473. The number of rotatable bonds is 6. The molecule has 2 aromatic rings. The summed E-state index contributed by atoms with van der Waals surface area (Å²) < 4.78 is 0. The number of carbonyl (C=O) groups is 1. The number of amides is 1. The summed E-state index contributed by atoms with van der Waals surface area (Å²) in [6, 6.07) is 7.19. The molecule has 126 valence electrons. The van der Waals surface area contributed by atoms with Crippen molar-refractivity contribution >= 4 is 29.2 Å². The third-order valence-corrected chi connectivity index (χ3v) is 3.63. The van der Waals surface area contributed by atoms with Gasteiger partial charge in [0.15, 0.2) is 0 Å². The van der Waals surface area contributed by atoms with Crippen LogP contribution in [-0.4, -0.2) is 40.9 Å². The van der Waals surface area contributed by atoms with Crippen LogP contribution in [0.15, 0.2) is 29.1 Å². The molecule has 0 aliphatic carbocycles. The van der Waals surface area contributed by atoms with Crippen molar-refractivity contribution in [2.75, 3.05) is 20.1 Å². The maximum Gasteiger partial charge on any atom is 0.258 e. The van der Waals surface area contributed by atoms with Crippen LogP contribution in [0.4, 0.5) is 0 Å². The van der Waals surface area contributed by atoms with Crippen LogP contribution in [0.5, 0.6) is 0 Å². The van der Waals surface area contributed by atoms with Gasteiger partial charge in [0.05, 0.1) is 17.4 Å². The Bertz CT molecular complexity index is 717. The van der Waals surface area contributed by atoms with Gasteiger partial charge in [-0.15, -0.1) is 12.4 Å². The molecule has 2 N–H and O–H groups in total. The van der Waals surface area contributed by atoms with Crippen molar-refractivity contribution in [1.29, 1.82) is 0 Å².